The number of amides is 1. The Hall–Kier alpha value is -0.470. The van der Waals surface area contributed by atoms with Crippen molar-refractivity contribution in [3.63, 3.8) is 0 Å². The summed E-state index contributed by atoms with van der Waals surface area (Å²) in [5.41, 5.74) is 1.56. The summed E-state index contributed by atoms with van der Waals surface area (Å²) in [7, 11) is 0. The number of carbonyl (C=O) groups excluding carboxylic acids is 1. The minimum Gasteiger partial charge on any atom is -0.298 e. The van der Waals surface area contributed by atoms with Crippen LogP contribution in [0.25, 0.3) is 0 Å². The molecule has 1 N–H and O–H groups in total. The van der Waals surface area contributed by atoms with Crippen LogP contribution < -0.4 is 5.32 Å². The highest BCUT2D eigenvalue weighted by Crippen LogP contribution is 2.21. The van der Waals surface area contributed by atoms with Crippen molar-refractivity contribution in [1.82, 2.24) is 4.98 Å². The molecule has 0 aliphatic carbocycles. The summed E-state index contributed by atoms with van der Waals surface area (Å²) in [6.45, 7) is 1.90. The highest BCUT2D eigenvalue weighted by Gasteiger charge is 2.12. The summed E-state index contributed by atoms with van der Waals surface area (Å²) < 4.78 is 1.80. The number of aromatic nitrogens is 1. The summed E-state index contributed by atoms with van der Waals surface area (Å²) in [6.07, 6.45) is 0. The van der Waals surface area contributed by atoms with E-state index in [-0.39, 0.29) is 5.91 Å². The first kappa shape index (κ1) is 13.0. The van der Waals surface area contributed by atoms with E-state index in [0.717, 1.165) is 13.7 Å². The van der Waals surface area contributed by atoms with Gasteiger partial charge in [0.2, 0.25) is 0 Å². The summed E-state index contributed by atoms with van der Waals surface area (Å²) >= 11 is 6.92. The molecule has 0 aliphatic heterocycles. The second kappa shape index (κ2) is 5.45. The number of halogens is 2. The van der Waals surface area contributed by atoms with Crippen molar-refractivity contribution in [2.45, 2.75) is 6.92 Å². The lowest BCUT2D eigenvalue weighted by Crippen LogP contribution is -2.13. The van der Waals surface area contributed by atoms with E-state index in [0.29, 0.717) is 10.7 Å². The average molecular weight is 423 g/mol. The monoisotopic (exact) mass is 422 g/mol. The number of carbonyl (C=O) groups is 1. The Kier molecular flexibility index (Phi) is 4.16. The molecule has 3 nitrogen and oxygen atoms in total. The van der Waals surface area contributed by atoms with Crippen molar-refractivity contribution < 1.29 is 4.79 Å². The predicted molar refractivity (Wildman–Crippen MR) is 81.7 cm³/mol. The molecule has 0 radical (unpaired) electrons. The van der Waals surface area contributed by atoms with Gasteiger partial charge in [-0.05, 0) is 47.7 Å². The lowest BCUT2D eigenvalue weighted by atomic mass is 10.2. The van der Waals surface area contributed by atoms with Crippen LogP contribution in [-0.2, 0) is 0 Å². The molecule has 2 rings (SSSR count). The lowest BCUT2D eigenvalue weighted by molar-refractivity contribution is 0.102. The summed E-state index contributed by atoms with van der Waals surface area (Å²) in [4.78, 5) is 16.2. The Morgan fingerprint density at radius 3 is 2.94 bits per heavy atom. The van der Waals surface area contributed by atoms with Crippen LogP contribution in [-0.4, -0.2) is 10.9 Å². The van der Waals surface area contributed by atoms with Crippen LogP contribution in [0.1, 0.15) is 16.1 Å². The number of anilines is 1. The van der Waals surface area contributed by atoms with Crippen molar-refractivity contribution in [3.8, 4) is 0 Å². The number of thiazole rings is 1. The van der Waals surface area contributed by atoms with Gasteiger partial charge in [0.15, 0.2) is 5.13 Å². The molecule has 1 heterocycles. The van der Waals surface area contributed by atoms with E-state index in [1.807, 2.05) is 24.4 Å². The maximum atomic E-state index is 12.0. The van der Waals surface area contributed by atoms with Crippen LogP contribution in [0, 0.1) is 10.5 Å². The van der Waals surface area contributed by atoms with E-state index < -0.39 is 0 Å². The normalized spacial score (nSPS) is 10.3. The third-order valence-corrected chi connectivity index (χ3v) is 4.32. The Morgan fingerprint density at radius 1 is 1.53 bits per heavy atom. The third-order valence-electron chi connectivity index (χ3n) is 2.01. The van der Waals surface area contributed by atoms with E-state index in [1.165, 1.54) is 11.3 Å². The van der Waals surface area contributed by atoms with E-state index in [2.05, 4.69) is 48.8 Å². The van der Waals surface area contributed by atoms with Crippen LogP contribution in [0.3, 0.4) is 0 Å². The number of hydrogen-bond donors (Lipinski definition) is 1. The number of nitrogens with one attached hydrogen (secondary N) is 1. The number of hydrogen-bond acceptors (Lipinski definition) is 3. The number of rotatable bonds is 2. The van der Waals surface area contributed by atoms with Gasteiger partial charge < -0.3 is 0 Å². The molecule has 17 heavy (non-hydrogen) atoms. The van der Waals surface area contributed by atoms with Crippen LogP contribution in [0.4, 0.5) is 5.13 Å². The summed E-state index contributed by atoms with van der Waals surface area (Å²) in [6, 6.07) is 5.61. The molecule has 88 valence electrons. The molecule has 0 atom stereocenters. The van der Waals surface area contributed by atoms with Crippen molar-refractivity contribution in [2.24, 2.45) is 0 Å². The summed E-state index contributed by atoms with van der Waals surface area (Å²) in [5.74, 6) is -0.134. The molecule has 0 unspecified atom stereocenters. The van der Waals surface area contributed by atoms with Crippen molar-refractivity contribution in [2.75, 3.05) is 5.32 Å². The molecule has 0 bridgehead atoms. The van der Waals surface area contributed by atoms with Gasteiger partial charge in [0.05, 0.1) is 11.3 Å². The van der Waals surface area contributed by atoms with Crippen molar-refractivity contribution in [3.05, 3.63) is 42.9 Å². The van der Waals surface area contributed by atoms with E-state index >= 15 is 0 Å². The smallest absolute Gasteiger partial charge is 0.258 e. The first-order valence-corrected chi connectivity index (χ1v) is 7.50. The molecule has 6 heteroatoms. The van der Waals surface area contributed by atoms with E-state index in [9.17, 15) is 4.79 Å². The van der Waals surface area contributed by atoms with Gasteiger partial charge in [-0.2, -0.15) is 0 Å². The van der Waals surface area contributed by atoms with E-state index in [1.54, 1.807) is 6.07 Å². The van der Waals surface area contributed by atoms with Gasteiger partial charge in [-0.3, -0.25) is 10.1 Å². The minimum absolute atomic E-state index is 0.134. The Labute approximate surface area is 125 Å². The molecule has 0 saturated heterocycles. The Balaban J connectivity index is 2.22. The van der Waals surface area contributed by atoms with Crippen LogP contribution in [0.5, 0.6) is 0 Å². The van der Waals surface area contributed by atoms with Gasteiger partial charge in [0.25, 0.3) is 5.91 Å². The first-order valence-electron chi connectivity index (χ1n) is 4.75. The van der Waals surface area contributed by atoms with Crippen molar-refractivity contribution >= 4 is 60.9 Å². The molecule has 2 aromatic rings. The van der Waals surface area contributed by atoms with E-state index in [4.69, 9.17) is 0 Å². The predicted octanol–water partition coefficient (Wildman–Crippen LogP) is 4.07. The first-order chi connectivity index (χ1) is 8.06. The fourth-order valence-electron chi connectivity index (χ4n) is 1.25. The van der Waals surface area contributed by atoms with Crippen LogP contribution in [0.15, 0.2) is 28.1 Å². The molecule has 0 saturated carbocycles. The van der Waals surface area contributed by atoms with Crippen molar-refractivity contribution in [1.29, 1.82) is 0 Å². The maximum absolute atomic E-state index is 12.0. The van der Waals surface area contributed by atoms with Gasteiger partial charge in [-0.25, -0.2) is 4.98 Å². The molecule has 1 aromatic heterocycles. The zero-order valence-corrected chi connectivity index (χ0v) is 13.4. The fraction of sp³-hybridized carbons (Fsp3) is 0.0909. The standard InChI is InChI=1S/C11H8BrIN2OS/c1-6-5-17-11(14-6)15-10(16)8-4-7(12)2-3-9(8)13/h2-5H,1H3,(H,14,15,16). The van der Waals surface area contributed by atoms with Gasteiger partial charge in [0, 0.05) is 13.4 Å². The number of benzene rings is 1. The SMILES string of the molecule is Cc1csc(NC(=O)c2cc(Br)ccc2I)n1. The zero-order valence-electron chi connectivity index (χ0n) is 8.83. The van der Waals surface area contributed by atoms with Gasteiger partial charge in [0.1, 0.15) is 0 Å². The topological polar surface area (TPSA) is 42.0 Å². The molecule has 1 aromatic carbocycles. The Morgan fingerprint density at radius 2 is 2.29 bits per heavy atom. The molecule has 0 aliphatic rings. The highest BCUT2D eigenvalue weighted by atomic mass is 127. The lowest BCUT2D eigenvalue weighted by Gasteiger charge is -2.04. The second-order valence-electron chi connectivity index (χ2n) is 3.37. The maximum Gasteiger partial charge on any atom is 0.258 e. The van der Waals surface area contributed by atoms with Gasteiger partial charge >= 0.3 is 0 Å². The second-order valence-corrected chi connectivity index (χ2v) is 6.31. The Bertz CT molecular complexity index is 570. The number of nitrogens with zero attached hydrogens (tertiary/aromatic N) is 1. The third kappa shape index (κ3) is 3.26. The molecule has 0 fully saturated rings. The van der Waals surface area contributed by atoms with Crippen LogP contribution in [0.2, 0.25) is 0 Å². The van der Waals surface area contributed by atoms with Crippen LogP contribution >= 0.6 is 49.9 Å². The average Bonchev–Trinajstić information content (AvgIpc) is 2.67. The largest absolute Gasteiger partial charge is 0.298 e. The zero-order chi connectivity index (χ0) is 12.4. The minimum atomic E-state index is -0.134. The van der Waals surface area contributed by atoms with Gasteiger partial charge in [-0.15, -0.1) is 11.3 Å². The molecular formula is C11H8BrIN2OS. The molecular weight excluding hydrogens is 415 g/mol. The quantitative estimate of drug-likeness (QED) is 0.741. The molecule has 1 amide bonds. The highest BCUT2D eigenvalue weighted by molar-refractivity contribution is 14.1. The fourth-order valence-corrected chi connectivity index (χ4v) is 2.87. The van der Waals surface area contributed by atoms with Gasteiger partial charge in [-0.1, -0.05) is 15.9 Å². The molecule has 0 spiro atoms. The summed E-state index contributed by atoms with van der Waals surface area (Å²) in [5, 5.41) is 5.32. The number of aryl methyl sites for hydroxylation is 1.